The molecule has 0 amide bonds. The molecule has 0 spiro atoms. The van der Waals surface area contributed by atoms with E-state index in [1.54, 1.807) is 11.3 Å². The maximum absolute atomic E-state index is 10.0. The van der Waals surface area contributed by atoms with Gasteiger partial charge in [-0.15, -0.1) is 11.3 Å². The number of aromatic nitrogens is 2. The molecular weight excluding hydrogens is 390 g/mol. The Balaban J connectivity index is 0.000000269. The van der Waals surface area contributed by atoms with Crippen LogP contribution in [0.5, 0.6) is 0 Å². The number of carbonyl (C=O) groups is 1. The predicted octanol–water partition coefficient (Wildman–Crippen LogP) is 6.25. The number of allylic oxidation sites excluding steroid dienone is 4. The molecule has 5 heteroatoms. The van der Waals surface area contributed by atoms with Crippen molar-refractivity contribution in [3.05, 3.63) is 77.0 Å². The second-order valence-electron chi connectivity index (χ2n) is 6.99. The van der Waals surface area contributed by atoms with Crippen LogP contribution in [-0.4, -0.2) is 23.3 Å². The number of aldehydes is 1. The highest BCUT2D eigenvalue weighted by Gasteiger charge is 2.15. The first-order valence-electron chi connectivity index (χ1n) is 10.2. The van der Waals surface area contributed by atoms with Gasteiger partial charge in [-0.1, -0.05) is 48.9 Å². The first-order chi connectivity index (χ1) is 14.6. The van der Waals surface area contributed by atoms with E-state index < -0.39 is 0 Å². The molecule has 0 saturated carbocycles. The van der Waals surface area contributed by atoms with Gasteiger partial charge in [0, 0.05) is 24.4 Å². The fraction of sp³-hybridized carbons (Fsp3) is 0.240. The van der Waals surface area contributed by atoms with Crippen molar-refractivity contribution in [2.45, 2.75) is 33.1 Å². The average molecular weight is 418 g/mol. The van der Waals surface area contributed by atoms with Gasteiger partial charge in [-0.25, -0.2) is 9.97 Å². The molecule has 0 radical (unpaired) electrons. The number of nitrogens with zero attached hydrogens (tertiary/aromatic N) is 2. The van der Waals surface area contributed by atoms with Crippen LogP contribution in [0.3, 0.4) is 0 Å². The molecule has 0 saturated heterocycles. The lowest BCUT2D eigenvalue weighted by atomic mass is 10.1. The fourth-order valence-electron chi connectivity index (χ4n) is 3.13. The van der Waals surface area contributed by atoms with Crippen molar-refractivity contribution in [3.8, 4) is 21.7 Å². The van der Waals surface area contributed by atoms with Crippen molar-refractivity contribution < 1.29 is 4.79 Å². The largest absolute Gasteiger partial charge is 0.373 e. The molecule has 0 fully saturated rings. The van der Waals surface area contributed by atoms with Crippen molar-refractivity contribution in [2.75, 3.05) is 12.4 Å². The summed E-state index contributed by atoms with van der Waals surface area (Å²) in [7, 11) is 1.89. The summed E-state index contributed by atoms with van der Waals surface area (Å²) in [5.74, 6) is 0.874. The van der Waals surface area contributed by atoms with E-state index >= 15 is 0 Å². The molecule has 1 aliphatic carbocycles. The van der Waals surface area contributed by atoms with Gasteiger partial charge in [0.2, 0.25) is 0 Å². The van der Waals surface area contributed by atoms with Gasteiger partial charge in [-0.2, -0.15) is 0 Å². The zero-order chi connectivity index (χ0) is 21.3. The number of pyridine rings is 1. The zero-order valence-electron chi connectivity index (χ0n) is 17.7. The third kappa shape index (κ3) is 5.51. The Kier molecular flexibility index (Phi) is 7.69. The first-order valence-corrected chi connectivity index (χ1v) is 11.0. The summed E-state index contributed by atoms with van der Waals surface area (Å²) in [5, 5.41) is 4.26. The van der Waals surface area contributed by atoms with Crippen molar-refractivity contribution in [1.29, 1.82) is 0 Å². The topological polar surface area (TPSA) is 54.9 Å². The van der Waals surface area contributed by atoms with Crippen LogP contribution in [-0.2, 0) is 11.2 Å². The minimum absolute atomic E-state index is 0.816. The highest BCUT2D eigenvalue weighted by molar-refractivity contribution is 7.15. The van der Waals surface area contributed by atoms with Gasteiger partial charge in [0.05, 0.1) is 15.6 Å². The third-order valence-corrected chi connectivity index (χ3v) is 5.95. The van der Waals surface area contributed by atoms with Gasteiger partial charge in [0.15, 0.2) is 0 Å². The summed E-state index contributed by atoms with van der Waals surface area (Å²) >= 11 is 1.77. The number of carbonyl (C=O) groups excluding carboxylic acids is 1. The number of rotatable bonds is 5. The van der Waals surface area contributed by atoms with E-state index in [9.17, 15) is 4.79 Å². The number of thiazole rings is 1. The Hall–Kier alpha value is -3.05. The molecular formula is C25H27N3OS. The summed E-state index contributed by atoms with van der Waals surface area (Å²) in [4.78, 5) is 20.4. The van der Waals surface area contributed by atoms with Crippen molar-refractivity contribution in [1.82, 2.24) is 9.97 Å². The molecule has 4 rings (SSSR count). The average Bonchev–Trinajstić information content (AvgIpc) is 3.25. The van der Waals surface area contributed by atoms with E-state index in [0.717, 1.165) is 53.2 Å². The van der Waals surface area contributed by atoms with Crippen molar-refractivity contribution >= 4 is 23.4 Å². The summed E-state index contributed by atoms with van der Waals surface area (Å²) in [6, 6.07) is 12.6. The van der Waals surface area contributed by atoms with Gasteiger partial charge in [0.1, 0.15) is 12.1 Å². The van der Waals surface area contributed by atoms with E-state index in [2.05, 4.69) is 54.5 Å². The molecule has 1 aromatic carbocycles. The summed E-state index contributed by atoms with van der Waals surface area (Å²) in [5.41, 5.74) is 5.47. The molecule has 30 heavy (non-hydrogen) atoms. The second-order valence-corrected chi connectivity index (χ2v) is 8.07. The molecule has 4 nitrogen and oxygen atoms in total. The summed E-state index contributed by atoms with van der Waals surface area (Å²) in [6.45, 7) is 4.26. The molecule has 3 aromatic rings. The van der Waals surface area contributed by atoms with E-state index in [1.165, 1.54) is 16.0 Å². The molecule has 0 atom stereocenters. The number of benzene rings is 1. The maximum Gasteiger partial charge on any atom is 0.149 e. The van der Waals surface area contributed by atoms with E-state index in [1.807, 2.05) is 37.5 Å². The Bertz CT molecular complexity index is 1070. The minimum atomic E-state index is 0.816. The Morgan fingerprint density at radius 2 is 2.03 bits per heavy atom. The third-order valence-electron chi connectivity index (χ3n) is 4.70. The molecule has 0 unspecified atom stereocenters. The molecule has 0 aliphatic heterocycles. The normalized spacial score (nSPS) is 12.6. The van der Waals surface area contributed by atoms with Crippen LogP contribution < -0.4 is 5.32 Å². The Labute approximate surface area is 182 Å². The lowest BCUT2D eigenvalue weighted by molar-refractivity contribution is -0.104. The van der Waals surface area contributed by atoms with Crippen LogP contribution in [0.2, 0.25) is 0 Å². The standard InChI is InChI=1S/C18H19N3S.C7H8O/c1-4-16-21-17(13-7-5-6-12(2)10-13)18(22-16)14-8-9-20-15(11-14)19-3;8-6-7-4-2-1-3-5-7/h5-11H,4H2,1-3H3,(H,19,20);2,4-6H,1,3H2. The van der Waals surface area contributed by atoms with E-state index in [-0.39, 0.29) is 0 Å². The molecule has 1 N–H and O–H groups in total. The number of hydrogen-bond acceptors (Lipinski definition) is 5. The Morgan fingerprint density at radius 3 is 2.67 bits per heavy atom. The molecule has 2 aromatic heterocycles. The molecule has 0 bridgehead atoms. The van der Waals surface area contributed by atoms with E-state index in [0.29, 0.717) is 0 Å². The lowest BCUT2D eigenvalue weighted by Gasteiger charge is -2.05. The Morgan fingerprint density at radius 1 is 1.17 bits per heavy atom. The van der Waals surface area contributed by atoms with Crippen LogP contribution in [0.15, 0.2) is 66.4 Å². The van der Waals surface area contributed by atoms with Crippen molar-refractivity contribution in [2.24, 2.45) is 0 Å². The SMILES string of the molecule is CCc1nc(-c2cccc(C)c2)c(-c2ccnc(NC)c2)s1.O=CC1=CCCC=C1. The molecule has 2 heterocycles. The predicted molar refractivity (Wildman–Crippen MR) is 127 cm³/mol. The molecule has 1 aliphatic rings. The smallest absolute Gasteiger partial charge is 0.149 e. The number of hydrogen-bond donors (Lipinski definition) is 1. The highest BCUT2D eigenvalue weighted by Crippen LogP contribution is 2.37. The van der Waals surface area contributed by atoms with Crippen LogP contribution in [0.1, 0.15) is 30.3 Å². The van der Waals surface area contributed by atoms with Crippen molar-refractivity contribution in [3.63, 3.8) is 0 Å². The van der Waals surface area contributed by atoms with Gasteiger partial charge in [0.25, 0.3) is 0 Å². The fourth-order valence-corrected chi connectivity index (χ4v) is 4.15. The number of nitrogens with one attached hydrogen (secondary N) is 1. The van der Waals surface area contributed by atoms with Gasteiger partial charge < -0.3 is 5.32 Å². The summed E-state index contributed by atoms with van der Waals surface area (Å²) in [6.07, 6.45) is 11.6. The van der Waals surface area contributed by atoms with Crippen LogP contribution >= 0.6 is 11.3 Å². The first kappa shape index (κ1) is 21.7. The van der Waals surface area contributed by atoms with Crippen LogP contribution in [0.25, 0.3) is 21.7 Å². The van der Waals surface area contributed by atoms with Gasteiger partial charge in [-0.05, 0) is 49.9 Å². The molecule has 154 valence electrons. The van der Waals surface area contributed by atoms with Crippen LogP contribution in [0.4, 0.5) is 5.82 Å². The van der Waals surface area contributed by atoms with E-state index in [4.69, 9.17) is 4.98 Å². The van der Waals surface area contributed by atoms with Gasteiger partial charge in [-0.3, -0.25) is 4.79 Å². The zero-order valence-corrected chi connectivity index (χ0v) is 18.5. The number of aryl methyl sites for hydroxylation is 2. The van der Waals surface area contributed by atoms with Gasteiger partial charge >= 0.3 is 0 Å². The highest BCUT2D eigenvalue weighted by atomic mass is 32.1. The number of anilines is 1. The minimum Gasteiger partial charge on any atom is -0.373 e. The summed E-state index contributed by atoms with van der Waals surface area (Å²) < 4.78 is 0. The quantitative estimate of drug-likeness (QED) is 0.499. The maximum atomic E-state index is 10.0. The second kappa shape index (κ2) is 10.6. The van der Waals surface area contributed by atoms with Crippen LogP contribution in [0, 0.1) is 6.92 Å². The monoisotopic (exact) mass is 417 g/mol. The lowest BCUT2D eigenvalue weighted by Crippen LogP contribution is -1.91.